The molecule has 1 rings (SSSR count). The molecule has 0 fully saturated rings. The van der Waals surface area contributed by atoms with E-state index in [0.29, 0.717) is 0 Å². The largest absolute Gasteiger partial charge is 0.298 e. The first-order chi connectivity index (χ1) is 6.07. The first kappa shape index (κ1) is 9.70. The van der Waals surface area contributed by atoms with Crippen LogP contribution in [0, 0.1) is 12.7 Å². The van der Waals surface area contributed by atoms with Crippen molar-refractivity contribution in [3.8, 4) is 0 Å². The fourth-order valence-corrected chi connectivity index (χ4v) is 0.930. The van der Waals surface area contributed by atoms with Crippen molar-refractivity contribution in [2.24, 2.45) is 0 Å². The monoisotopic (exact) mass is 189 g/mol. The van der Waals surface area contributed by atoms with Crippen LogP contribution in [-0.4, -0.2) is 11.3 Å². The zero-order valence-electron chi connectivity index (χ0n) is 6.72. The van der Waals surface area contributed by atoms with Gasteiger partial charge in [-0.05, 0) is 6.92 Å². The molecule has 0 saturated heterocycles. The second-order valence-corrected chi connectivity index (χ2v) is 2.45. The smallest absolute Gasteiger partial charge is 0.267 e. The number of rotatable bonds is 2. The Morgan fingerprint density at radius 3 is 2.62 bits per heavy atom. The van der Waals surface area contributed by atoms with Crippen molar-refractivity contribution in [3.05, 3.63) is 28.8 Å². The molecule has 0 aliphatic heterocycles. The van der Waals surface area contributed by atoms with Gasteiger partial charge in [0.15, 0.2) is 12.1 Å². The molecule has 1 aromatic heterocycles. The average molecular weight is 189 g/mol. The fraction of sp³-hybridized carbons (Fsp3) is 0.250. The molecule has 0 radical (unpaired) electrons. The van der Waals surface area contributed by atoms with Gasteiger partial charge >= 0.3 is 0 Å². The van der Waals surface area contributed by atoms with Crippen molar-refractivity contribution < 1.29 is 18.0 Å². The van der Waals surface area contributed by atoms with E-state index in [1.807, 2.05) is 0 Å². The van der Waals surface area contributed by atoms with E-state index in [2.05, 4.69) is 4.98 Å². The van der Waals surface area contributed by atoms with Crippen LogP contribution in [-0.2, 0) is 0 Å². The number of pyridine rings is 1. The van der Waals surface area contributed by atoms with Crippen molar-refractivity contribution in [1.29, 1.82) is 0 Å². The first-order valence-electron chi connectivity index (χ1n) is 3.46. The predicted octanol–water partition coefficient (Wildman–Crippen LogP) is 2.28. The van der Waals surface area contributed by atoms with E-state index in [4.69, 9.17) is 0 Å². The van der Waals surface area contributed by atoms with E-state index in [1.165, 1.54) is 6.92 Å². The lowest BCUT2D eigenvalue weighted by molar-refractivity contribution is 0.110. The van der Waals surface area contributed by atoms with E-state index in [-0.39, 0.29) is 12.0 Å². The summed E-state index contributed by atoms with van der Waals surface area (Å²) in [5.41, 5.74) is -1.42. The highest BCUT2D eigenvalue weighted by Crippen LogP contribution is 2.25. The van der Waals surface area contributed by atoms with Crippen molar-refractivity contribution in [2.45, 2.75) is 13.3 Å². The van der Waals surface area contributed by atoms with Gasteiger partial charge in [-0.3, -0.25) is 9.78 Å². The van der Waals surface area contributed by atoms with Gasteiger partial charge in [0.05, 0.1) is 11.3 Å². The molecule has 0 unspecified atom stereocenters. The molecule has 0 aliphatic rings. The third-order valence-corrected chi connectivity index (χ3v) is 1.61. The summed E-state index contributed by atoms with van der Waals surface area (Å²) in [6, 6.07) is 0. The van der Waals surface area contributed by atoms with Crippen molar-refractivity contribution in [1.82, 2.24) is 4.98 Å². The topological polar surface area (TPSA) is 30.0 Å². The molecular weight excluding hydrogens is 183 g/mol. The normalized spacial score (nSPS) is 10.5. The number of carbonyl (C=O) groups excluding carboxylic acids is 1. The molecule has 0 aromatic carbocycles. The van der Waals surface area contributed by atoms with Crippen LogP contribution in [0.4, 0.5) is 13.2 Å². The molecule has 70 valence electrons. The van der Waals surface area contributed by atoms with E-state index in [0.717, 1.165) is 6.20 Å². The van der Waals surface area contributed by atoms with Gasteiger partial charge in [-0.25, -0.2) is 13.2 Å². The Kier molecular flexibility index (Phi) is 2.65. The van der Waals surface area contributed by atoms with Gasteiger partial charge in [0.2, 0.25) is 0 Å². The molecule has 5 heteroatoms. The molecule has 1 heterocycles. The maximum Gasteiger partial charge on any atom is 0.267 e. The Balaban J connectivity index is 3.41. The van der Waals surface area contributed by atoms with Gasteiger partial charge in [-0.1, -0.05) is 0 Å². The number of aromatic nitrogens is 1. The van der Waals surface area contributed by atoms with Gasteiger partial charge < -0.3 is 0 Å². The quantitative estimate of drug-likeness (QED) is 0.668. The van der Waals surface area contributed by atoms with Gasteiger partial charge in [0.25, 0.3) is 6.43 Å². The summed E-state index contributed by atoms with van der Waals surface area (Å²) >= 11 is 0. The number of hydrogen-bond acceptors (Lipinski definition) is 2. The van der Waals surface area contributed by atoms with E-state index in [9.17, 15) is 18.0 Å². The zero-order valence-corrected chi connectivity index (χ0v) is 6.72. The third kappa shape index (κ3) is 1.68. The summed E-state index contributed by atoms with van der Waals surface area (Å²) in [6.45, 7) is 1.26. The average Bonchev–Trinajstić information content (AvgIpc) is 2.08. The second kappa shape index (κ2) is 3.55. The van der Waals surface area contributed by atoms with Crippen LogP contribution in [0.5, 0.6) is 0 Å². The number of halogens is 3. The molecule has 2 nitrogen and oxygen atoms in total. The highest BCUT2D eigenvalue weighted by molar-refractivity contribution is 5.77. The number of carbonyl (C=O) groups is 1. The van der Waals surface area contributed by atoms with E-state index < -0.39 is 23.4 Å². The lowest BCUT2D eigenvalue weighted by Gasteiger charge is -2.05. The van der Waals surface area contributed by atoms with Gasteiger partial charge in [-0.2, -0.15) is 0 Å². The van der Waals surface area contributed by atoms with Crippen LogP contribution in [0.3, 0.4) is 0 Å². The number of hydrogen-bond donors (Lipinski definition) is 0. The molecule has 0 saturated carbocycles. The predicted molar refractivity (Wildman–Crippen MR) is 39.3 cm³/mol. The minimum Gasteiger partial charge on any atom is -0.298 e. The molecule has 0 N–H and O–H groups in total. The summed E-state index contributed by atoms with van der Waals surface area (Å²) in [5, 5.41) is 0. The van der Waals surface area contributed by atoms with Crippen LogP contribution < -0.4 is 0 Å². The van der Waals surface area contributed by atoms with Crippen LogP contribution in [0.25, 0.3) is 0 Å². The van der Waals surface area contributed by atoms with Crippen molar-refractivity contribution >= 4 is 6.29 Å². The lowest BCUT2D eigenvalue weighted by atomic mass is 10.1. The molecule has 13 heavy (non-hydrogen) atoms. The lowest BCUT2D eigenvalue weighted by Crippen LogP contribution is -2.02. The number of aryl methyl sites for hydroxylation is 1. The standard InChI is InChI=1S/C8H6F3NO/c1-4-7(9)6(8(10)11)5(3-13)2-12-4/h2-3,8H,1H3. The van der Waals surface area contributed by atoms with Crippen LogP contribution in [0.2, 0.25) is 0 Å². The zero-order chi connectivity index (χ0) is 10.0. The van der Waals surface area contributed by atoms with Gasteiger partial charge in [0, 0.05) is 11.8 Å². The Morgan fingerprint density at radius 1 is 1.54 bits per heavy atom. The molecule has 0 spiro atoms. The fourth-order valence-electron chi connectivity index (χ4n) is 0.930. The number of alkyl halides is 2. The molecule has 0 atom stereocenters. The first-order valence-corrected chi connectivity index (χ1v) is 3.46. The van der Waals surface area contributed by atoms with E-state index in [1.54, 1.807) is 0 Å². The molecular formula is C8H6F3NO. The second-order valence-electron chi connectivity index (χ2n) is 2.45. The Labute approximate surface area is 72.4 Å². The number of aldehydes is 1. The van der Waals surface area contributed by atoms with Gasteiger partial charge in [-0.15, -0.1) is 0 Å². The summed E-state index contributed by atoms with van der Waals surface area (Å²) in [7, 11) is 0. The van der Waals surface area contributed by atoms with Crippen molar-refractivity contribution in [3.63, 3.8) is 0 Å². The highest BCUT2D eigenvalue weighted by atomic mass is 19.3. The summed E-state index contributed by atoms with van der Waals surface area (Å²) in [6.07, 6.45) is -1.90. The van der Waals surface area contributed by atoms with Crippen LogP contribution >= 0.6 is 0 Å². The van der Waals surface area contributed by atoms with E-state index >= 15 is 0 Å². The minimum absolute atomic E-state index is 0.138. The minimum atomic E-state index is -3.00. The number of nitrogens with zero attached hydrogens (tertiary/aromatic N) is 1. The summed E-state index contributed by atoms with van der Waals surface area (Å²) in [4.78, 5) is 13.7. The summed E-state index contributed by atoms with van der Waals surface area (Å²) < 4.78 is 37.5. The van der Waals surface area contributed by atoms with Crippen LogP contribution in [0.1, 0.15) is 28.0 Å². The van der Waals surface area contributed by atoms with Crippen LogP contribution in [0.15, 0.2) is 6.20 Å². The SMILES string of the molecule is Cc1ncc(C=O)c(C(F)F)c1F. The highest BCUT2D eigenvalue weighted by Gasteiger charge is 2.20. The Hall–Kier alpha value is -1.39. The molecule has 0 aliphatic carbocycles. The third-order valence-electron chi connectivity index (χ3n) is 1.61. The Morgan fingerprint density at radius 2 is 2.15 bits per heavy atom. The molecule has 1 aromatic rings. The van der Waals surface area contributed by atoms with Gasteiger partial charge in [0.1, 0.15) is 0 Å². The maximum absolute atomic E-state index is 13.0. The Bertz CT molecular complexity index is 338. The summed E-state index contributed by atoms with van der Waals surface area (Å²) in [5.74, 6) is -1.11. The maximum atomic E-state index is 13.0. The molecule has 0 amide bonds. The van der Waals surface area contributed by atoms with Crippen molar-refractivity contribution in [2.75, 3.05) is 0 Å². The molecule has 0 bridgehead atoms.